The lowest BCUT2D eigenvalue weighted by molar-refractivity contribution is 0.415. The van der Waals surface area contributed by atoms with Crippen molar-refractivity contribution >= 4 is 50.7 Å². The molecule has 0 aliphatic carbocycles. The average molecular weight is 398 g/mol. The first kappa shape index (κ1) is 15.9. The topological polar surface area (TPSA) is 9.23 Å². The second kappa shape index (κ2) is 6.52. The van der Waals surface area contributed by atoms with Crippen LogP contribution in [0.1, 0.15) is 16.0 Å². The molecule has 0 amide bonds. The van der Waals surface area contributed by atoms with Crippen molar-refractivity contribution < 1.29 is 9.13 Å². The number of hydrogen-bond donors (Lipinski definition) is 0. The second-order valence-corrected chi connectivity index (χ2v) is 6.20. The van der Waals surface area contributed by atoms with Crippen LogP contribution in [0.5, 0.6) is 5.75 Å². The third kappa shape index (κ3) is 3.22. The summed E-state index contributed by atoms with van der Waals surface area (Å²) in [4.78, 5) is -0.435. The Balaban J connectivity index is 2.48. The van der Waals surface area contributed by atoms with E-state index in [1.807, 2.05) is 0 Å². The van der Waals surface area contributed by atoms with Crippen molar-refractivity contribution in [1.82, 2.24) is 0 Å². The van der Waals surface area contributed by atoms with Gasteiger partial charge >= 0.3 is 0 Å². The van der Waals surface area contributed by atoms with Crippen LogP contribution < -0.4 is 4.74 Å². The first-order chi connectivity index (χ1) is 9.43. The van der Waals surface area contributed by atoms with Crippen LogP contribution in [0.25, 0.3) is 0 Å². The molecule has 0 spiro atoms. The fraction of sp³-hybridized carbons (Fsp3) is 0.143. The number of methoxy groups -OCH3 is 1. The monoisotopic (exact) mass is 396 g/mol. The highest BCUT2D eigenvalue weighted by Crippen LogP contribution is 2.41. The summed E-state index contributed by atoms with van der Waals surface area (Å²) < 4.78 is 19.0. The number of benzene rings is 2. The van der Waals surface area contributed by atoms with E-state index >= 15 is 0 Å². The van der Waals surface area contributed by atoms with Crippen LogP contribution in [0.15, 0.2) is 30.3 Å². The summed E-state index contributed by atoms with van der Waals surface area (Å²) in [7, 11) is 1.50. The molecule has 2 rings (SSSR count). The predicted octanol–water partition coefficient (Wildman–Crippen LogP) is 6.28. The standard InChI is InChI=1S/C14H9BrCl3FO/c1-20-13-6-10(17)9(5-11(13)18)14(15)8-3-2-7(16)4-12(8)19/h2-6,14H,1H3. The molecule has 0 aliphatic heterocycles. The number of ether oxygens (including phenoxy) is 1. The van der Waals surface area contributed by atoms with Crippen LogP contribution in [0.4, 0.5) is 4.39 Å². The van der Waals surface area contributed by atoms with Gasteiger partial charge in [0.1, 0.15) is 11.6 Å². The van der Waals surface area contributed by atoms with Gasteiger partial charge in [-0.3, -0.25) is 0 Å². The highest BCUT2D eigenvalue weighted by molar-refractivity contribution is 9.09. The molecule has 2 aromatic carbocycles. The van der Waals surface area contributed by atoms with Gasteiger partial charge < -0.3 is 4.74 Å². The predicted molar refractivity (Wildman–Crippen MR) is 85.2 cm³/mol. The van der Waals surface area contributed by atoms with Crippen LogP contribution in [0, 0.1) is 5.82 Å². The zero-order valence-electron chi connectivity index (χ0n) is 10.3. The number of rotatable bonds is 3. The number of hydrogen-bond acceptors (Lipinski definition) is 1. The molecule has 0 saturated carbocycles. The summed E-state index contributed by atoms with van der Waals surface area (Å²) in [5, 5.41) is 1.18. The van der Waals surface area contributed by atoms with E-state index in [2.05, 4.69) is 15.9 Å². The summed E-state index contributed by atoms with van der Waals surface area (Å²) >= 11 is 21.4. The van der Waals surface area contributed by atoms with Crippen LogP contribution in [-0.4, -0.2) is 7.11 Å². The van der Waals surface area contributed by atoms with E-state index < -0.39 is 10.6 Å². The Morgan fingerprint density at radius 3 is 2.35 bits per heavy atom. The van der Waals surface area contributed by atoms with Crippen LogP contribution in [0.2, 0.25) is 15.1 Å². The molecule has 0 saturated heterocycles. The Hall–Kier alpha value is -0.480. The van der Waals surface area contributed by atoms with Gasteiger partial charge in [-0.05, 0) is 23.8 Å². The third-order valence-corrected chi connectivity index (χ3v) is 4.62. The summed E-state index contributed by atoms with van der Waals surface area (Å²) in [6.07, 6.45) is 0. The van der Waals surface area contributed by atoms with E-state index in [4.69, 9.17) is 39.5 Å². The third-order valence-electron chi connectivity index (χ3n) is 2.78. The Morgan fingerprint density at radius 1 is 1.05 bits per heavy atom. The zero-order valence-corrected chi connectivity index (χ0v) is 14.1. The van der Waals surface area contributed by atoms with Crippen molar-refractivity contribution in [2.75, 3.05) is 7.11 Å². The lowest BCUT2D eigenvalue weighted by atomic mass is 10.0. The zero-order chi connectivity index (χ0) is 14.9. The molecule has 20 heavy (non-hydrogen) atoms. The molecular weight excluding hydrogens is 389 g/mol. The van der Waals surface area contributed by atoms with Crippen molar-refractivity contribution in [3.8, 4) is 5.75 Å². The Bertz CT molecular complexity index is 649. The lowest BCUT2D eigenvalue weighted by Gasteiger charge is -2.15. The van der Waals surface area contributed by atoms with Gasteiger partial charge in [-0.1, -0.05) is 56.8 Å². The first-order valence-corrected chi connectivity index (χ1v) is 7.61. The maximum atomic E-state index is 13.9. The average Bonchev–Trinajstić information content (AvgIpc) is 2.40. The van der Waals surface area contributed by atoms with Crippen LogP contribution in [0.3, 0.4) is 0 Å². The molecule has 1 nitrogen and oxygen atoms in total. The fourth-order valence-electron chi connectivity index (χ4n) is 1.77. The number of alkyl halides is 1. The van der Waals surface area contributed by atoms with Crippen LogP contribution in [-0.2, 0) is 0 Å². The smallest absolute Gasteiger partial charge is 0.138 e. The second-order valence-electron chi connectivity index (χ2n) is 4.04. The van der Waals surface area contributed by atoms with Gasteiger partial charge in [0.05, 0.1) is 17.0 Å². The van der Waals surface area contributed by atoms with E-state index in [1.165, 1.54) is 13.2 Å². The van der Waals surface area contributed by atoms with Gasteiger partial charge in [-0.2, -0.15) is 0 Å². The van der Waals surface area contributed by atoms with Crippen molar-refractivity contribution in [3.63, 3.8) is 0 Å². The quantitative estimate of drug-likeness (QED) is 0.553. The Labute approximate surface area is 139 Å². The molecule has 0 heterocycles. The van der Waals surface area contributed by atoms with Gasteiger partial charge in [0.15, 0.2) is 0 Å². The largest absolute Gasteiger partial charge is 0.495 e. The molecule has 0 aliphatic rings. The molecule has 1 atom stereocenters. The van der Waals surface area contributed by atoms with Crippen molar-refractivity contribution in [3.05, 3.63) is 62.3 Å². The van der Waals surface area contributed by atoms with Crippen LogP contribution >= 0.6 is 50.7 Å². The Kier molecular flexibility index (Phi) is 5.19. The SMILES string of the molecule is COc1cc(Cl)c(C(Br)c2ccc(Cl)cc2F)cc1Cl. The number of halogens is 5. The molecule has 1 unspecified atom stereocenters. The van der Waals surface area contributed by atoms with Gasteiger partial charge in [0.25, 0.3) is 0 Å². The molecule has 106 valence electrons. The molecular formula is C14H9BrCl3FO. The minimum Gasteiger partial charge on any atom is -0.495 e. The normalized spacial score (nSPS) is 12.3. The highest BCUT2D eigenvalue weighted by Gasteiger charge is 2.19. The van der Waals surface area contributed by atoms with Crippen molar-refractivity contribution in [2.24, 2.45) is 0 Å². The lowest BCUT2D eigenvalue weighted by Crippen LogP contribution is -1.98. The summed E-state index contributed by atoms with van der Waals surface area (Å²) in [6, 6.07) is 7.72. The van der Waals surface area contributed by atoms with E-state index in [9.17, 15) is 4.39 Å². The maximum absolute atomic E-state index is 13.9. The molecule has 0 radical (unpaired) electrons. The Morgan fingerprint density at radius 2 is 1.75 bits per heavy atom. The van der Waals surface area contributed by atoms with Gasteiger partial charge in [-0.25, -0.2) is 4.39 Å². The first-order valence-electron chi connectivity index (χ1n) is 5.56. The van der Waals surface area contributed by atoms with Gasteiger partial charge in [0, 0.05) is 21.7 Å². The summed E-state index contributed by atoms with van der Waals surface area (Å²) in [6.45, 7) is 0. The summed E-state index contributed by atoms with van der Waals surface area (Å²) in [5.74, 6) is 0.0547. The highest BCUT2D eigenvalue weighted by atomic mass is 79.9. The summed E-state index contributed by atoms with van der Waals surface area (Å²) in [5.41, 5.74) is 1.08. The molecule has 0 bridgehead atoms. The molecule has 0 aromatic heterocycles. The van der Waals surface area contributed by atoms with E-state index in [1.54, 1.807) is 24.3 Å². The molecule has 6 heteroatoms. The molecule has 0 fully saturated rings. The van der Waals surface area contributed by atoms with E-state index in [-0.39, 0.29) is 0 Å². The fourth-order valence-corrected chi connectivity index (χ4v) is 3.32. The van der Waals surface area contributed by atoms with Crippen molar-refractivity contribution in [2.45, 2.75) is 4.83 Å². The van der Waals surface area contributed by atoms with E-state index in [0.29, 0.717) is 31.9 Å². The van der Waals surface area contributed by atoms with Gasteiger partial charge in [0.2, 0.25) is 0 Å². The molecule has 0 N–H and O–H groups in total. The minimum absolute atomic E-state index is 0.338. The van der Waals surface area contributed by atoms with Gasteiger partial charge in [-0.15, -0.1) is 0 Å². The molecule has 2 aromatic rings. The van der Waals surface area contributed by atoms with E-state index in [0.717, 1.165) is 0 Å². The van der Waals surface area contributed by atoms with Crippen molar-refractivity contribution in [1.29, 1.82) is 0 Å². The minimum atomic E-state index is -0.435. The maximum Gasteiger partial charge on any atom is 0.138 e.